The molecule has 1 aliphatic heterocycles. The fraction of sp³-hybridized carbons (Fsp3) is 0.400. The van der Waals surface area contributed by atoms with Gasteiger partial charge in [-0.3, -0.25) is 0 Å². The molecule has 0 spiro atoms. The topological polar surface area (TPSA) is 41.5 Å². The molecule has 0 atom stereocenters. The third kappa shape index (κ3) is 1.82. The van der Waals surface area contributed by atoms with Gasteiger partial charge >= 0.3 is 0 Å². The molecule has 0 bridgehead atoms. The van der Waals surface area contributed by atoms with Crippen LogP contribution < -0.4 is 10.2 Å². The number of rotatable bonds is 2. The highest BCUT2D eigenvalue weighted by Crippen LogP contribution is 2.25. The summed E-state index contributed by atoms with van der Waals surface area (Å²) in [6.45, 7) is 1.32. The van der Waals surface area contributed by atoms with Gasteiger partial charge in [0.05, 0.1) is 6.61 Å². The molecule has 3 nitrogen and oxygen atoms in total. The van der Waals surface area contributed by atoms with E-state index in [1.54, 1.807) is 0 Å². The van der Waals surface area contributed by atoms with Crippen LogP contribution in [0.4, 0.5) is 0 Å². The molecule has 0 aromatic heterocycles. The van der Waals surface area contributed by atoms with Gasteiger partial charge in [0.1, 0.15) is 5.75 Å². The summed E-state index contributed by atoms with van der Waals surface area (Å²) in [6.07, 6.45) is 2.16. The first kappa shape index (κ1) is 8.53. The standard InChI is InChI=1S/C10H13NO2/c12-11-7-8-3-4-10-9(6-8)2-1-5-13-10/h3-4,6,11-12H,1-2,5,7H2. The van der Waals surface area contributed by atoms with Gasteiger partial charge in [-0.1, -0.05) is 12.1 Å². The molecule has 2 rings (SSSR count). The van der Waals surface area contributed by atoms with Crippen LogP contribution in [0.3, 0.4) is 0 Å². The molecule has 1 aromatic carbocycles. The van der Waals surface area contributed by atoms with Crippen LogP contribution in [0.25, 0.3) is 0 Å². The van der Waals surface area contributed by atoms with E-state index in [9.17, 15) is 0 Å². The maximum atomic E-state index is 8.54. The van der Waals surface area contributed by atoms with E-state index in [1.807, 2.05) is 12.1 Å². The van der Waals surface area contributed by atoms with Crippen molar-refractivity contribution in [1.29, 1.82) is 0 Å². The number of aryl methyl sites for hydroxylation is 1. The van der Waals surface area contributed by atoms with E-state index in [0.29, 0.717) is 6.54 Å². The van der Waals surface area contributed by atoms with Gasteiger partial charge in [0.25, 0.3) is 0 Å². The fourth-order valence-corrected chi connectivity index (χ4v) is 1.61. The average molecular weight is 179 g/mol. The third-order valence-corrected chi connectivity index (χ3v) is 2.26. The summed E-state index contributed by atoms with van der Waals surface area (Å²) < 4.78 is 5.47. The van der Waals surface area contributed by atoms with Gasteiger partial charge in [0.15, 0.2) is 0 Å². The summed E-state index contributed by atoms with van der Waals surface area (Å²) in [7, 11) is 0. The number of hydrogen-bond donors (Lipinski definition) is 2. The van der Waals surface area contributed by atoms with Gasteiger partial charge in [-0.05, 0) is 30.0 Å². The summed E-state index contributed by atoms with van der Waals surface area (Å²) in [4.78, 5) is 0. The highest BCUT2D eigenvalue weighted by molar-refractivity contribution is 5.38. The Kier molecular flexibility index (Phi) is 2.47. The van der Waals surface area contributed by atoms with Crippen molar-refractivity contribution in [1.82, 2.24) is 5.48 Å². The summed E-state index contributed by atoms with van der Waals surface area (Å²) in [5.74, 6) is 0.993. The molecule has 0 amide bonds. The Balaban J connectivity index is 2.24. The Bertz CT molecular complexity index is 299. The molecule has 13 heavy (non-hydrogen) atoms. The molecular weight excluding hydrogens is 166 g/mol. The second-order valence-electron chi connectivity index (χ2n) is 3.23. The molecule has 0 unspecified atom stereocenters. The van der Waals surface area contributed by atoms with E-state index < -0.39 is 0 Å². The summed E-state index contributed by atoms with van der Waals surface area (Å²) >= 11 is 0. The molecule has 1 heterocycles. The first-order chi connectivity index (χ1) is 6.40. The SMILES string of the molecule is ONCc1ccc2c(c1)CCCO2. The van der Waals surface area contributed by atoms with Crippen molar-refractivity contribution >= 4 is 0 Å². The smallest absolute Gasteiger partial charge is 0.122 e. The van der Waals surface area contributed by atoms with E-state index in [4.69, 9.17) is 9.94 Å². The lowest BCUT2D eigenvalue weighted by molar-refractivity contribution is 0.161. The first-order valence-corrected chi connectivity index (χ1v) is 4.52. The predicted octanol–water partition coefficient (Wildman–Crippen LogP) is 1.49. The van der Waals surface area contributed by atoms with E-state index in [1.165, 1.54) is 5.56 Å². The highest BCUT2D eigenvalue weighted by atomic mass is 16.5. The molecule has 0 saturated heterocycles. The zero-order chi connectivity index (χ0) is 9.10. The number of fused-ring (bicyclic) bond motifs is 1. The third-order valence-electron chi connectivity index (χ3n) is 2.26. The zero-order valence-electron chi connectivity index (χ0n) is 7.42. The van der Waals surface area contributed by atoms with Crippen molar-refractivity contribution in [2.24, 2.45) is 0 Å². The van der Waals surface area contributed by atoms with Crippen LogP contribution in [0.5, 0.6) is 5.75 Å². The number of hydroxylamine groups is 1. The summed E-state index contributed by atoms with van der Waals surface area (Å²) in [6, 6.07) is 6.02. The minimum Gasteiger partial charge on any atom is -0.493 e. The van der Waals surface area contributed by atoms with Crippen LogP contribution in [0.2, 0.25) is 0 Å². The van der Waals surface area contributed by atoms with Crippen molar-refractivity contribution in [3.05, 3.63) is 29.3 Å². The van der Waals surface area contributed by atoms with Crippen molar-refractivity contribution in [2.75, 3.05) is 6.61 Å². The normalized spacial score (nSPS) is 14.8. The van der Waals surface area contributed by atoms with Crippen LogP contribution >= 0.6 is 0 Å². The van der Waals surface area contributed by atoms with Gasteiger partial charge in [-0.2, -0.15) is 0 Å². The second-order valence-corrected chi connectivity index (χ2v) is 3.23. The second kappa shape index (κ2) is 3.77. The Morgan fingerprint density at radius 2 is 2.38 bits per heavy atom. The van der Waals surface area contributed by atoms with Crippen molar-refractivity contribution in [3.8, 4) is 5.75 Å². The maximum Gasteiger partial charge on any atom is 0.122 e. The Morgan fingerprint density at radius 3 is 3.23 bits per heavy atom. The van der Waals surface area contributed by atoms with Crippen molar-refractivity contribution in [3.63, 3.8) is 0 Å². The number of benzene rings is 1. The molecule has 0 fully saturated rings. The van der Waals surface area contributed by atoms with E-state index >= 15 is 0 Å². The molecule has 3 heteroatoms. The van der Waals surface area contributed by atoms with Gasteiger partial charge in [0.2, 0.25) is 0 Å². The molecule has 0 aliphatic carbocycles. The fourth-order valence-electron chi connectivity index (χ4n) is 1.61. The molecule has 0 saturated carbocycles. The van der Waals surface area contributed by atoms with E-state index in [2.05, 4.69) is 11.5 Å². The van der Waals surface area contributed by atoms with Gasteiger partial charge in [-0.25, -0.2) is 5.48 Å². The lowest BCUT2D eigenvalue weighted by Gasteiger charge is -2.17. The minimum atomic E-state index is 0.493. The lowest BCUT2D eigenvalue weighted by atomic mass is 10.0. The highest BCUT2D eigenvalue weighted by Gasteiger charge is 2.09. The van der Waals surface area contributed by atoms with Crippen LogP contribution in [0, 0.1) is 0 Å². The van der Waals surface area contributed by atoms with Crippen LogP contribution in [0.1, 0.15) is 17.5 Å². The number of ether oxygens (including phenoxy) is 1. The van der Waals surface area contributed by atoms with Gasteiger partial charge < -0.3 is 9.94 Å². The average Bonchev–Trinajstić information content (AvgIpc) is 2.18. The maximum absolute atomic E-state index is 8.54. The lowest BCUT2D eigenvalue weighted by Crippen LogP contribution is -2.10. The van der Waals surface area contributed by atoms with Gasteiger partial charge in [0, 0.05) is 6.54 Å². The quantitative estimate of drug-likeness (QED) is 0.676. The first-order valence-electron chi connectivity index (χ1n) is 4.52. The summed E-state index contributed by atoms with van der Waals surface area (Å²) in [5.41, 5.74) is 4.49. The van der Waals surface area contributed by atoms with E-state index in [0.717, 1.165) is 30.8 Å². The number of hydrogen-bond acceptors (Lipinski definition) is 3. The monoisotopic (exact) mass is 179 g/mol. The van der Waals surface area contributed by atoms with Crippen molar-refractivity contribution in [2.45, 2.75) is 19.4 Å². The van der Waals surface area contributed by atoms with Crippen molar-refractivity contribution < 1.29 is 9.94 Å². The van der Waals surface area contributed by atoms with Crippen LogP contribution in [0.15, 0.2) is 18.2 Å². The summed E-state index contributed by atoms with van der Waals surface area (Å²) in [5, 5.41) is 8.54. The Hall–Kier alpha value is -1.06. The molecule has 1 aliphatic rings. The molecular formula is C10H13NO2. The molecule has 2 N–H and O–H groups in total. The Morgan fingerprint density at radius 1 is 1.46 bits per heavy atom. The molecule has 70 valence electrons. The minimum absolute atomic E-state index is 0.493. The molecule has 0 radical (unpaired) electrons. The van der Waals surface area contributed by atoms with Gasteiger partial charge in [-0.15, -0.1) is 0 Å². The largest absolute Gasteiger partial charge is 0.493 e. The number of nitrogens with one attached hydrogen (secondary N) is 1. The Labute approximate surface area is 77.3 Å². The van der Waals surface area contributed by atoms with Crippen LogP contribution in [-0.4, -0.2) is 11.8 Å². The molecule has 1 aromatic rings. The zero-order valence-corrected chi connectivity index (χ0v) is 7.42. The predicted molar refractivity (Wildman–Crippen MR) is 48.9 cm³/mol. The van der Waals surface area contributed by atoms with E-state index in [-0.39, 0.29) is 0 Å². The van der Waals surface area contributed by atoms with Crippen LogP contribution in [-0.2, 0) is 13.0 Å².